The van der Waals surface area contributed by atoms with Crippen LogP contribution < -0.4 is 0 Å². The number of hydrogen-bond donors (Lipinski definition) is 0. The summed E-state index contributed by atoms with van der Waals surface area (Å²) in [6.45, 7) is 6.99. The van der Waals surface area contributed by atoms with Gasteiger partial charge in [-0.1, -0.05) is 97.6 Å². The molecule has 2 nitrogen and oxygen atoms in total. The molecule has 0 amide bonds. The molecule has 0 saturated carbocycles. The fraction of sp³-hybridized carbons (Fsp3) is 0.0800. The van der Waals surface area contributed by atoms with E-state index in [9.17, 15) is 0 Å². The zero-order valence-electron chi connectivity index (χ0n) is 15.5. The van der Waals surface area contributed by atoms with Crippen molar-refractivity contribution in [1.29, 1.82) is 0 Å². The molecule has 0 aliphatic carbocycles. The summed E-state index contributed by atoms with van der Waals surface area (Å²) in [5.41, 5.74) is 6.66. The molecule has 0 aliphatic heterocycles. The van der Waals surface area contributed by atoms with Gasteiger partial charge in [-0.05, 0) is 12.5 Å². The highest BCUT2D eigenvalue weighted by Crippen LogP contribution is 2.37. The van der Waals surface area contributed by atoms with Gasteiger partial charge in [0, 0.05) is 23.2 Å². The van der Waals surface area contributed by atoms with Crippen LogP contribution in [-0.4, -0.2) is 9.55 Å². The van der Waals surface area contributed by atoms with Crippen molar-refractivity contribution in [1.82, 2.24) is 9.55 Å². The monoisotopic (exact) mass is 350 g/mol. The lowest BCUT2D eigenvalue weighted by Gasteiger charge is -2.12. The van der Waals surface area contributed by atoms with Crippen molar-refractivity contribution in [3.8, 4) is 33.9 Å². The highest BCUT2D eigenvalue weighted by molar-refractivity contribution is 5.83. The van der Waals surface area contributed by atoms with Gasteiger partial charge >= 0.3 is 0 Å². The Labute approximate surface area is 160 Å². The molecular weight excluding hydrogens is 328 g/mol. The topological polar surface area (TPSA) is 17.8 Å². The summed E-state index contributed by atoms with van der Waals surface area (Å²) in [5.74, 6) is 0.978. The second-order valence-electron chi connectivity index (χ2n) is 6.40. The third-order valence-corrected chi connectivity index (χ3v) is 4.80. The van der Waals surface area contributed by atoms with Crippen LogP contribution in [0.4, 0.5) is 0 Å². The average Bonchev–Trinajstić information content (AvgIpc) is 3.14. The first-order valence-corrected chi connectivity index (χ1v) is 9.26. The maximum atomic E-state index is 5.12. The molecule has 4 rings (SSSR count). The van der Waals surface area contributed by atoms with Gasteiger partial charge in [0.05, 0.1) is 11.4 Å². The fourth-order valence-corrected chi connectivity index (χ4v) is 3.53. The van der Waals surface area contributed by atoms with Crippen LogP contribution in [0, 0.1) is 0 Å². The lowest BCUT2D eigenvalue weighted by atomic mass is 10.0. The van der Waals surface area contributed by atoms with Gasteiger partial charge in [-0.15, -0.1) is 0 Å². The first kappa shape index (κ1) is 17.0. The predicted octanol–water partition coefficient (Wildman–Crippen LogP) is 6.55. The maximum absolute atomic E-state index is 5.12. The maximum Gasteiger partial charge on any atom is 0.141 e. The van der Waals surface area contributed by atoms with Crippen molar-refractivity contribution >= 4 is 6.08 Å². The molecule has 0 bridgehead atoms. The van der Waals surface area contributed by atoms with E-state index in [4.69, 9.17) is 4.98 Å². The van der Waals surface area contributed by atoms with Crippen LogP contribution in [0.15, 0.2) is 91.5 Å². The molecule has 3 aromatic carbocycles. The molecule has 27 heavy (non-hydrogen) atoms. The largest absolute Gasteiger partial charge is 0.324 e. The average molecular weight is 350 g/mol. The Bertz CT molecular complexity index is 1060. The number of aromatic nitrogens is 2. The van der Waals surface area contributed by atoms with E-state index in [0.29, 0.717) is 0 Å². The van der Waals surface area contributed by atoms with Crippen LogP contribution in [0.1, 0.15) is 12.5 Å². The standard InChI is InChI=1S/C25H22N2/c1-3-19-13-11-12-18-22(19)25-26-23(20-14-7-5-8-15-20)24(27(25)4-2)21-16-9-6-10-17-21/h3,5-18H,1,4H2,2H3. The molecule has 4 aromatic rings. The first-order chi connectivity index (χ1) is 13.3. The Morgan fingerprint density at radius 3 is 2.04 bits per heavy atom. The number of hydrogen-bond acceptors (Lipinski definition) is 1. The quantitative estimate of drug-likeness (QED) is 0.399. The zero-order valence-corrected chi connectivity index (χ0v) is 15.5. The van der Waals surface area contributed by atoms with E-state index in [1.165, 1.54) is 5.56 Å². The fourth-order valence-electron chi connectivity index (χ4n) is 3.53. The Balaban J connectivity index is 2.05. The van der Waals surface area contributed by atoms with E-state index in [0.717, 1.165) is 40.4 Å². The highest BCUT2D eigenvalue weighted by Gasteiger charge is 2.20. The van der Waals surface area contributed by atoms with Gasteiger partial charge in [-0.2, -0.15) is 0 Å². The molecule has 0 unspecified atom stereocenters. The van der Waals surface area contributed by atoms with Crippen LogP contribution in [0.5, 0.6) is 0 Å². The Morgan fingerprint density at radius 2 is 1.41 bits per heavy atom. The Kier molecular flexibility index (Phi) is 4.71. The smallest absolute Gasteiger partial charge is 0.141 e. The van der Waals surface area contributed by atoms with Crippen molar-refractivity contribution in [3.05, 3.63) is 97.1 Å². The second-order valence-corrected chi connectivity index (χ2v) is 6.40. The van der Waals surface area contributed by atoms with E-state index >= 15 is 0 Å². The number of rotatable bonds is 5. The summed E-state index contributed by atoms with van der Waals surface area (Å²) in [4.78, 5) is 5.12. The Hall–Kier alpha value is -3.39. The van der Waals surface area contributed by atoms with Crippen molar-refractivity contribution in [2.75, 3.05) is 0 Å². The molecule has 1 heterocycles. The minimum atomic E-state index is 0.838. The van der Waals surface area contributed by atoms with Crippen molar-refractivity contribution < 1.29 is 0 Å². The lowest BCUT2D eigenvalue weighted by molar-refractivity contribution is 0.778. The molecule has 0 N–H and O–H groups in total. The van der Waals surface area contributed by atoms with Crippen LogP contribution in [-0.2, 0) is 6.54 Å². The van der Waals surface area contributed by atoms with Gasteiger partial charge < -0.3 is 4.57 Å². The molecule has 0 atom stereocenters. The van der Waals surface area contributed by atoms with Crippen molar-refractivity contribution in [3.63, 3.8) is 0 Å². The number of imidazole rings is 1. The Morgan fingerprint density at radius 1 is 0.815 bits per heavy atom. The lowest BCUT2D eigenvalue weighted by Crippen LogP contribution is -2.01. The molecule has 132 valence electrons. The summed E-state index contributed by atoms with van der Waals surface area (Å²) >= 11 is 0. The van der Waals surface area contributed by atoms with E-state index < -0.39 is 0 Å². The van der Waals surface area contributed by atoms with Gasteiger partial charge in [-0.25, -0.2) is 4.98 Å². The summed E-state index contributed by atoms with van der Waals surface area (Å²) in [7, 11) is 0. The van der Waals surface area contributed by atoms with E-state index in [1.807, 2.05) is 24.3 Å². The van der Waals surface area contributed by atoms with E-state index in [-0.39, 0.29) is 0 Å². The molecule has 2 heteroatoms. The van der Waals surface area contributed by atoms with Gasteiger partial charge in [0.15, 0.2) is 0 Å². The summed E-state index contributed by atoms with van der Waals surface area (Å²) in [6, 6.07) is 29.2. The molecular formula is C25H22N2. The SMILES string of the molecule is C=Cc1ccccc1-c1nc(-c2ccccc2)c(-c2ccccc2)n1CC. The van der Waals surface area contributed by atoms with Gasteiger partial charge in [0.1, 0.15) is 5.82 Å². The molecule has 0 fully saturated rings. The van der Waals surface area contributed by atoms with Gasteiger partial charge in [0.25, 0.3) is 0 Å². The number of benzene rings is 3. The molecule has 0 saturated heterocycles. The van der Waals surface area contributed by atoms with Crippen molar-refractivity contribution in [2.45, 2.75) is 13.5 Å². The highest BCUT2D eigenvalue weighted by atomic mass is 15.1. The molecule has 0 aliphatic rings. The van der Waals surface area contributed by atoms with Gasteiger partial charge in [0.2, 0.25) is 0 Å². The van der Waals surface area contributed by atoms with Crippen LogP contribution in [0.25, 0.3) is 40.0 Å². The third kappa shape index (κ3) is 3.11. The van der Waals surface area contributed by atoms with E-state index in [1.54, 1.807) is 0 Å². The molecule has 0 spiro atoms. The van der Waals surface area contributed by atoms with E-state index in [2.05, 4.69) is 84.8 Å². The van der Waals surface area contributed by atoms with Crippen LogP contribution >= 0.6 is 0 Å². The second kappa shape index (κ2) is 7.46. The van der Waals surface area contributed by atoms with Crippen LogP contribution in [0.2, 0.25) is 0 Å². The summed E-state index contributed by atoms with van der Waals surface area (Å²) in [5, 5.41) is 0. The van der Waals surface area contributed by atoms with Crippen molar-refractivity contribution in [2.24, 2.45) is 0 Å². The summed E-state index contributed by atoms with van der Waals surface area (Å²) < 4.78 is 2.31. The zero-order chi connectivity index (χ0) is 18.6. The normalized spacial score (nSPS) is 10.7. The molecule has 1 aromatic heterocycles. The molecule has 0 radical (unpaired) electrons. The minimum Gasteiger partial charge on any atom is -0.324 e. The third-order valence-electron chi connectivity index (χ3n) is 4.80. The van der Waals surface area contributed by atoms with Gasteiger partial charge in [-0.3, -0.25) is 0 Å². The number of nitrogens with zero attached hydrogens (tertiary/aromatic N) is 2. The van der Waals surface area contributed by atoms with Crippen LogP contribution in [0.3, 0.4) is 0 Å². The first-order valence-electron chi connectivity index (χ1n) is 9.26. The summed E-state index contributed by atoms with van der Waals surface area (Å²) in [6.07, 6.45) is 1.90. The minimum absolute atomic E-state index is 0.838. The predicted molar refractivity (Wildman–Crippen MR) is 114 cm³/mol.